The van der Waals surface area contributed by atoms with Crippen molar-refractivity contribution in [2.45, 2.75) is 58.2 Å². The van der Waals surface area contributed by atoms with E-state index in [0.29, 0.717) is 51.7 Å². The third-order valence-electron chi connectivity index (χ3n) is 5.34. The zero-order chi connectivity index (χ0) is 23.7. The Bertz CT molecular complexity index is 732. The lowest BCUT2D eigenvalue weighted by molar-refractivity contribution is -0.138. The molecule has 1 aliphatic heterocycles. The summed E-state index contributed by atoms with van der Waals surface area (Å²) >= 11 is 0. The molecule has 0 saturated carbocycles. The number of halogens is 3. The maximum absolute atomic E-state index is 13.1. The Morgan fingerprint density at radius 1 is 1.12 bits per heavy atom. The second-order valence-corrected chi connectivity index (χ2v) is 9.28. The van der Waals surface area contributed by atoms with Gasteiger partial charge in [0.05, 0.1) is 18.8 Å². The average Bonchev–Trinajstić information content (AvgIpc) is 2.75. The molecule has 1 N–H and O–H groups in total. The van der Waals surface area contributed by atoms with Gasteiger partial charge in [-0.05, 0) is 56.7 Å². The summed E-state index contributed by atoms with van der Waals surface area (Å²) in [5, 5.41) is 2.74. The van der Waals surface area contributed by atoms with E-state index < -0.39 is 26.2 Å². The topological polar surface area (TPSA) is 67.9 Å². The number of rotatable bonds is 10. The maximum atomic E-state index is 13.1. The number of carbonyl (C=O) groups excluding carboxylic acids is 2. The molecule has 0 unspecified atom stereocenters. The van der Waals surface area contributed by atoms with Crippen LogP contribution in [0.2, 0.25) is 0 Å². The lowest BCUT2D eigenvalue weighted by Gasteiger charge is -2.35. The van der Waals surface area contributed by atoms with Gasteiger partial charge in [0.25, 0.3) is 0 Å². The van der Waals surface area contributed by atoms with Crippen LogP contribution in [0.4, 0.5) is 13.2 Å². The normalized spacial score (nSPS) is 16.3. The first-order valence-corrected chi connectivity index (χ1v) is 12.3. The van der Waals surface area contributed by atoms with Crippen molar-refractivity contribution >= 4 is 20.2 Å². The first kappa shape index (κ1) is 26.6. The fraction of sp³-hybridized carbons (Fsp3) is 0.636. The van der Waals surface area contributed by atoms with E-state index in [1.54, 1.807) is 4.90 Å². The molecule has 1 fully saturated rings. The van der Waals surface area contributed by atoms with E-state index >= 15 is 0 Å². The van der Waals surface area contributed by atoms with Crippen LogP contribution in [0, 0.1) is 0 Å². The Morgan fingerprint density at radius 2 is 1.69 bits per heavy atom. The van der Waals surface area contributed by atoms with Gasteiger partial charge in [0.1, 0.15) is 6.04 Å². The second kappa shape index (κ2) is 12.5. The van der Waals surface area contributed by atoms with Crippen LogP contribution in [-0.2, 0) is 24.8 Å². The summed E-state index contributed by atoms with van der Waals surface area (Å²) in [5.41, 5.74) is 0.189. The molecular weight excluding hydrogens is 444 g/mol. The summed E-state index contributed by atoms with van der Waals surface area (Å²) in [7, 11) is -1.11. The number of hydrogen-bond donors (Lipinski definition) is 1. The lowest BCUT2D eigenvalue weighted by atomic mass is 9.88. The third kappa shape index (κ3) is 8.01. The number of hydrogen-bond acceptors (Lipinski definition) is 4. The van der Waals surface area contributed by atoms with E-state index in [1.807, 2.05) is 13.8 Å². The van der Waals surface area contributed by atoms with E-state index in [0.717, 1.165) is 17.7 Å². The van der Waals surface area contributed by atoms with Crippen molar-refractivity contribution in [2.24, 2.45) is 0 Å². The molecule has 1 saturated heterocycles. The van der Waals surface area contributed by atoms with Gasteiger partial charge in [0, 0.05) is 26.2 Å². The van der Waals surface area contributed by atoms with E-state index in [2.05, 4.69) is 5.32 Å². The van der Waals surface area contributed by atoms with E-state index in [1.165, 1.54) is 19.1 Å². The van der Waals surface area contributed by atoms with Crippen LogP contribution < -0.4 is 5.32 Å². The fourth-order valence-electron chi connectivity index (χ4n) is 3.79. The minimum absolute atomic E-state index is 0.101. The molecule has 0 aromatic heterocycles. The maximum Gasteiger partial charge on any atom is 0.416 e. The van der Waals surface area contributed by atoms with Gasteiger partial charge in [-0.3, -0.25) is 9.59 Å². The van der Waals surface area contributed by atoms with E-state index in [4.69, 9.17) is 9.05 Å². The predicted molar refractivity (Wildman–Crippen MR) is 117 cm³/mol. The monoisotopic (exact) mass is 476 g/mol. The number of nitrogens with one attached hydrogen (secondary N) is 1. The molecule has 2 rings (SSSR count). The number of nitrogens with zero attached hydrogens (tertiary/aromatic N) is 1. The zero-order valence-corrected chi connectivity index (χ0v) is 19.7. The van der Waals surface area contributed by atoms with Crippen LogP contribution in [0.5, 0.6) is 0 Å². The van der Waals surface area contributed by atoms with Gasteiger partial charge in [-0.15, -0.1) is 0 Å². The highest BCUT2D eigenvalue weighted by atomic mass is 31.2. The van der Waals surface area contributed by atoms with Gasteiger partial charge in [0.2, 0.25) is 11.8 Å². The van der Waals surface area contributed by atoms with Gasteiger partial charge in [-0.25, -0.2) is 0 Å². The molecule has 1 aromatic carbocycles. The Labute approximate surface area is 188 Å². The Balaban J connectivity index is 1.95. The van der Waals surface area contributed by atoms with Crippen LogP contribution in [0.25, 0.3) is 0 Å². The average molecular weight is 476 g/mol. The summed E-state index contributed by atoms with van der Waals surface area (Å²) in [5.74, 6) is -0.321. The molecule has 6 nitrogen and oxygen atoms in total. The van der Waals surface area contributed by atoms with Crippen molar-refractivity contribution in [3.63, 3.8) is 0 Å². The molecule has 32 heavy (non-hydrogen) atoms. The number of likely N-dealkylation sites (tertiary alicyclic amines) is 1. The molecule has 1 atom stereocenters. The van der Waals surface area contributed by atoms with Gasteiger partial charge in [0.15, 0.2) is 8.38 Å². The summed E-state index contributed by atoms with van der Waals surface area (Å²) in [4.78, 5) is 26.5. The van der Waals surface area contributed by atoms with Crippen molar-refractivity contribution in [3.05, 3.63) is 35.4 Å². The summed E-state index contributed by atoms with van der Waals surface area (Å²) in [6.07, 6.45) is -2.07. The zero-order valence-electron chi connectivity index (χ0n) is 18.8. The van der Waals surface area contributed by atoms with Crippen molar-refractivity contribution < 1.29 is 31.8 Å². The number of benzene rings is 1. The molecule has 2 amide bonds. The lowest BCUT2D eigenvalue weighted by Crippen LogP contribution is -2.50. The summed E-state index contributed by atoms with van der Waals surface area (Å²) in [6.45, 7) is 7.16. The van der Waals surface area contributed by atoms with E-state index in [9.17, 15) is 22.8 Å². The molecule has 0 radical (unpaired) electrons. The SMILES string of the molecule is CCOP(CC[C@H](NC(C)=O)C(=O)N1CCC(c2ccc(C(F)(F)F)cc2)CC1)OCC. The molecule has 1 heterocycles. The smallest absolute Gasteiger partial charge is 0.345 e. The fourth-order valence-corrected chi connectivity index (χ4v) is 5.17. The largest absolute Gasteiger partial charge is 0.416 e. The molecule has 0 spiro atoms. The van der Waals surface area contributed by atoms with Crippen LogP contribution in [0.3, 0.4) is 0 Å². The number of alkyl halides is 3. The minimum Gasteiger partial charge on any atom is -0.345 e. The van der Waals surface area contributed by atoms with Gasteiger partial charge in [-0.1, -0.05) is 12.1 Å². The van der Waals surface area contributed by atoms with Crippen LogP contribution >= 0.6 is 8.38 Å². The van der Waals surface area contributed by atoms with Crippen molar-refractivity contribution in [3.8, 4) is 0 Å². The van der Waals surface area contributed by atoms with Crippen LogP contribution in [-0.4, -0.2) is 55.2 Å². The Morgan fingerprint density at radius 3 is 2.16 bits per heavy atom. The quantitative estimate of drug-likeness (QED) is 0.498. The summed E-state index contributed by atoms with van der Waals surface area (Å²) in [6, 6.07) is 4.61. The highest BCUT2D eigenvalue weighted by Gasteiger charge is 2.32. The number of carbonyl (C=O) groups is 2. The standard InChI is InChI=1S/C22H32F3N2O4P/c1-4-30-32(31-5-2)15-12-20(26-16(3)28)21(29)27-13-10-18(11-14-27)17-6-8-19(9-7-17)22(23,24)25/h6-9,18,20H,4-5,10-15H2,1-3H3,(H,26,28)/t20-/m0/s1. The van der Waals surface area contributed by atoms with Gasteiger partial charge < -0.3 is 19.3 Å². The molecule has 1 aromatic rings. The first-order chi connectivity index (χ1) is 15.2. The summed E-state index contributed by atoms with van der Waals surface area (Å²) < 4.78 is 49.5. The molecule has 180 valence electrons. The molecular formula is C22H32F3N2O4P. The highest BCUT2D eigenvalue weighted by Crippen LogP contribution is 2.39. The molecule has 10 heteroatoms. The van der Waals surface area contributed by atoms with Crippen molar-refractivity contribution in [2.75, 3.05) is 32.5 Å². The first-order valence-electron chi connectivity index (χ1n) is 10.9. The van der Waals surface area contributed by atoms with Crippen molar-refractivity contribution in [1.29, 1.82) is 0 Å². The Hall–Kier alpha value is -1.70. The molecule has 0 aliphatic carbocycles. The number of amides is 2. The van der Waals surface area contributed by atoms with Gasteiger partial charge >= 0.3 is 6.18 Å². The van der Waals surface area contributed by atoms with Crippen LogP contribution in [0.15, 0.2) is 24.3 Å². The van der Waals surface area contributed by atoms with E-state index in [-0.39, 0.29) is 17.7 Å². The highest BCUT2D eigenvalue weighted by molar-refractivity contribution is 7.47. The number of piperidine rings is 1. The molecule has 0 bridgehead atoms. The van der Waals surface area contributed by atoms with Gasteiger partial charge in [-0.2, -0.15) is 13.2 Å². The predicted octanol–water partition coefficient (Wildman–Crippen LogP) is 4.69. The minimum atomic E-state index is -4.35. The van der Waals surface area contributed by atoms with Crippen molar-refractivity contribution in [1.82, 2.24) is 10.2 Å². The Kier molecular flexibility index (Phi) is 10.4. The third-order valence-corrected chi connectivity index (χ3v) is 7.05. The van der Waals surface area contributed by atoms with Crippen LogP contribution in [0.1, 0.15) is 57.1 Å². The molecule has 1 aliphatic rings. The second-order valence-electron chi connectivity index (χ2n) is 7.65.